The molecule has 1 heteroatoms. The van der Waals surface area contributed by atoms with Gasteiger partial charge in [0.15, 0.2) is 0 Å². The number of hydrogen-bond donors (Lipinski definition) is 0. The van der Waals surface area contributed by atoms with E-state index in [2.05, 4.69) is 18.3 Å². The van der Waals surface area contributed by atoms with Gasteiger partial charge < -0.3 is 0 Å². The van der Waals surface area contributed by atoms with Crippen LogP contribution in [0.25, 0.3) is 0 Å². The second-order valence-electron chi connectivity index (χ2n) is 0.789. The fourth-order valence-corrected chi connectivity index (χ4v) is 0.500. The predicted molar refractivity (Wildman–Crippen MR) is 26.4 cm³/mol. The van der Waals surface area contributed by atoms with Gasteiger partial charge in [0.25, 0.3) is 0 Å². The van der Waals surface area contributed by atoms with E-state index >= 15 is 0 Å². The highest BCUT2D eigenvalue weighted by Crippen LogP contribution is 1.60. The maximum atomic E-state index is 2.15. The summed E-state index contributed by atoms with van der Waals surface area (Å²) >= 11 is 0. The van der Waals surface area contributed by atoms with Crippen LogP contribution in [0.2, 0.25) is 6.55 Å². The van der Waals surface area contributed by atoms with Crippen molar-refractivity contribution in [1.29, 1.82) is 0 Å². The van der Waals surface area contributed by atoms with Gasteiger partial charge in [-0.15, -0.1) is 5.70 Å². The minimum atomic E-state index is 0.977. The van der Waals surface area contributed by atoms with E-state index in [9.17, 15) is 0 Å². The lowest BCUT2D eigenvalue weighted by atomic mass is 10.8. The van der Waals surface area contributed by atoms with E-state index in [0.717, 1.165) is 9.52 Å². The van der Waals surface area contributed by atoms with Gasteiger partial charge in [-0.1, -0.05) is 12.6 Å². The highest BCUT2D eigenvalue weighted by Gasteiger charge is 1.55. The molecule has 0 heterocycles. The maximum absolute atomic E-state index is 2.15. The Morgan fingerprint density at radius 3 is 2.20 bits per heavy atom. The van der Waals surface area contributed by atoms with E-state index in [-0.39, 0.29) is 0 Å². The molecule has 0 saturated heterocycles. The lowest BCUT2D eigenvalue weighted by Crippen LogP contribution is -1.64. The highest BCUT2D eigenvalue weighted by atomic mass is 28.2. The normalized spacial score (nSPS) is 10.0. The third kappa shape index (κ3) is 3.96. The van der Waals surface area contributed by atoms with Crippen LogP contribution in [0.15, 0.2) is 11.8 Å². The lowest BCUT2D eigenvalue weighted by Gasteiger charge is -1.62. The Kier molecular flexibility index (Phi) is 3.92. The van der Waals surface area contributed by atoms with Crippen molar-refractivity contribution in [3.8, 4) is 0 Å². The van der Waals surface area contributed by atoms with Crippen LogP contribution in [-0.2, 0) is 0 Å². The van der Waals surface area contributed by atoms with Crippen molar-refractivity contribution >= 4 is 9.52 Å². The van der Waals surface area contributed by atoms with Crippen molar-refractivity contribution < 1.29 is 0 Å². The Bertz CT molecular complexity index is 30.6. The molecule has 0 aliphatic carbocycles. The Morgan fingerprint density at radius 2 is 2.20 bits per heavy atom. The third-order valence-corrected chi connectivity index (χ3v) is 1.00. The second-order valence-corrected chi connectivity index (χ2v) is 1.70. The second kappa shape index (κ2) is 3.96. The Morgan fingerprint density at radius 1 is 1.60 bits per heavy atom. The molecule has 0 aromatic heterocycles. The molecule has 28 valence electrons. The largest absolute Gasteiger partial charge is 0.103 e. The Labute approximate surface area is 35.7 Å². The fraction of sp³-hybridized carbons (Fsp3) is 0.500. The van der Waals surface area contributed by atoms with E-state index in [0.29, 0.717) is 0 Å². The van der Waals surface area contributed by atoms with Crippen LogP contribution in [0.5, 0.6) is 0 Å². The Balaban J connectivity index is 2.62. The molecule has 0 fully saturated rings. The molecule has 0 N–H and O–H groups in total. The van der Waals surface area contributed by atoms with Gasteiger partial charge in [0.2, 0.25) is 0 Å². The molecule has 0 unspecified atom stereocenters. The Hall–Kier alpha value is -0.0431. The molecule has 0 nitrogen and oxygen atoms in total. The molecule has 0 aromatic rings. The summed E-state index contributed by atoms with van der Waals surface area (Å²) in [6.07, 6.45) is 2.07. The van der Waals surface area contributed by atoms with Crippen LogP contribution in [0.4, 0.5) is 0 Å². The van der Waals surface area contributed by atoms with Crippen LogP contribution in [-0.4, -0.2) is 9.52 Å². The molecular weight excluding hydrogens is 76.1 g/mol. The monoisotopic (exact) mass is 84.0 g/mol. The lowest BCUT2D eigenvalue weighted by molar-refractivity contribution is 1.78. The molecule has 0 aliphatic heterocycles. The number of hydrogen-bond acceptors (Lipinski definition) is 0. The molecule has 0 spiro atoms. The summed E-state index contributed by atoms with van der Waals surface area (Å²) in [5.41, 5.74) is 2.15. The van der Waals surface area contributed by atoms with Crippen molar-refractivity contribution in [2.45, 2.75) is 13.5 Å². The molecule has 0 atom stereocenters. The smallest absolute Gasteiger partial charge is 0.0664 e. The average molecular weight is 84.2 g/mol. The molecule has 0 rings (SSSR count). The zero-order valence-electron chi connectivity index (χ0n) is 3.65. The molecule has 0 bridgehead atoms. The van der Waals surface area contributed by atoms with Gasteiger partial charge in [-0.3, -0.25) is 0 Å². The molecule has 0 aromatic carbocycles. The summed E-state index contributed by atoms with van der Waals surface area (Å²) in [6.45, 7) is 4.19. The van der Waals surface area contributed by atoms with Crippen LogP contribution in [0.3, 0.4) is 0 Å². The van der Waals surface area contributed by atoms with Gasteiger partial charge >= 0.3 is 0 Å². The molecule has 2 radical (unpaired) electrons. The summed E-state index contributed by atoms with van der Waals surface area (Å²) in [5.74, 6) is 0. The zero-order chi connectivity index (χ0) is 4.12. The quantitative estimate of drug-likeness (QED) is 0.420. The van der Waals surface area contributed by atoms with Crippen LogP contribution < -0.4 is 0 Å². The maximum Gasteiger partial charge on any atom is 0.0664 e. The fourth-order valence-electron chi connectivity index (χ4n) is 0.167. The summed E-state index contributed by atoms with van der Waals surface area (Å²) in [7, 11) is 0.977. The molecule has 0 aliphatic rings. The zero-order valence-corrected chi connectivity index (χ0v) is 4.65. The summed E-state index contributed by atoms with van der Waals surface area (Å²) < 4.78 is 0. The first-order valence-corrected chi connectivity index (χ1v) is 3.28. The van der Waals surface area contributed by atoms with Gasteiger partial charge in [-0.2, -0.15) is 0 Å². The topological polar surface area (TPSA) is 0 Å². The standard InChI is InChI=1S/C4H8Si/c1-3-4-5-2/h3-4H,1-2H3. The van der Waals surface area contributed by atoms with Gasteiger partial charge in [-0.05, 0) is 6.92 Å². The van der Waals surface area contributed by atoms with E-state index in [1.54, 1.807) is 0 Å². The van der Waals surface area contributed by atoms with E-state index in [4.69, 9.17) is 0 Å². The number of rotatable bonds is 1. The first kappa shape index (κ1) is 4.96. The molecule has 0 amide bonds. The van der Waals surface area contributed by atoms with Crippen molar-refractivity contribution in [2.75, 3.05) is 0 Å². The molecule has 5 heavy (non-hydrogen) atoms. The van der Waals surface area contributed by atoms with Crippen molar-refractivity contribution in [1.82, 2.24) is 0 Å². The minimum Gasteiger partial charge on any atom is -0.103 e. The molecular formula is C4H8Si. The molecule has 0 saturated carbocycles. The van der Waals surface area contributed by atoms with Gasteiger partial charge in [0, 0.05) is 0 Å². The van der Waals surface area contributed by atoms with E-state index in [1.807, 2.05) is 6.92 Å². The minimum absolute atomic E-state index is 0.977. The van der Waals surface area contributed by atoms with Gasteiger partial charge in [0.1, 0.15) is 0 Å². The first-order valence-electron chi connectivity index (χ1n) is 1.70. The van der Waals surface area contributed by atoms with E-state index < -0.39 is 0 Å². The first-order chi connectivity index (χ1) is 2.41. The summed E-state index contributed by atoms with van der Waals surface area (Å²) in [6, 6.07) is 0. The van der Waals surface area contributed by atoms with Crippen LogP contribution >= 0.6 is 0 Å². The van der Waals surface area contributed by atoms with E-state index in [1.165, 1.54) is 0 Å². The average Bonchev–Trinajstić information content (AvgIpc) is 1.41. The van der Waals surface area contributed by atoms with Crippen molar-refractivity contribution in [3.63, 3.8) is 0 Å². The highest BCUT2D eigenvalue weighted by molar-refractivity contribution is 6.40. The SMILES string of the molecule is CC=C[Si]C. The summed E-state index contributed by atoms with van der Waals surface area (Å²) in [4.78, 5) is 0. The van der Waals surface area contributed by atoms with Crippen molar-refractivity contribution in [3.05, 3.63) is 11.8 Å². The predicted octanol–water partition coefficient (Wildman–Crippen LogP) is 1.27. The van der Waals surface area contributed by atoms with Crippen molar-refractivity contribution in [2.24, 2.45) is 0 Å². The van der Waals surface area contributed by atoms with Gasteiger partial charge in [-0.25, -0.2) is 0 Å². The van der Waals surface area contributed by atoms with Crippen LogP contribution in [0, 0.1) is 0 Å². The van der Waals surface area contributed by atoms with Gasteiger partial charge in [0.05, 0.1) is 9.52 Å². The summed E-state index contributed by atoms with van der Waals surface area (Å²) in [5, 5.41) is 0. The third-order valence-electron chi connectivity index (χ3n) is 0.333. The number of allylic oxidation sites excluding steroid dienone is 1. The van der Waals surface area contributed by atoms with Crippen LogP contribution in [0.1, 0.15) is 6.92 Å².